The van der Waals surface area contributed by atoms with Crippen LogP contribution in [0.4, 0.5) is 0 Å². The molecule has 1 aromatic rings. The van der Waals surface area contributed by atoms with Gasteiger partial charge in [-0.1, -0.05) is 19.9 Å². The molecule has 0 bridgehead atoms. The van der Waals surface area contributed by atoms with Gasteiger partial charge in [0.1, 0.15) is 0 Å². The molecule has 0 saturated carbocycles. The van der Waals surface area contributed by atoms with Gasteiger partial charge in [-0.15, -0.1) is 0 Å². The number of aliphatic hydroxyl groups excluding tert-OH is 1. The van der Waals surface area contributed by atoms with Crippen LogP contribution in [0.25, 0.3) is 0 Å². The summed E-state index contributed by atoms with van der Waals surface area (Å²) in [5, 5.41) is 12.8. The van der Waals surface area contributed by atoms with Crippen molar-refractivity contribution in [2.45, 2.75) is 39.3 Å². The first-order chi connectivity index (χ1) is 9.57. The number of benzene rings is 1. The van der Waals surface area contributed by atoms with Crippen molar-refractivity contribution in [1.29, 1.82) is 0 Å². The molecule has 0 radical (unpaired) electrons. The molecule has 1 rings (SSSR count). The van der Waals surface area contributed by atoms with Crippen molar-refractivity contribution in [2.75, 3.05) is 20.8 Å². The SMILES string of the molecule is CCC(NC(C)C(C)CO)c1ccc(OC)c(OC)c1. The third-order valence-electron chi connectivity index (χ3n) is 3.82. The fourth-order valence-electron chi connectivity index (χ4n) is 2.16. The van der Waals surface area contributed by atoms with Crippen molar-refractivity contribution in [3.8, 4) is 11.5 Å². The monoisotopic (exact) mass is 281 g/mol. The number of hydrogen-bond donors (Lipinski definition) is 2. The molecule has 20 heavy (non-hydrogen) atoms. The molecule has 3 atom stereocenters. The minimum atomic E-state index is 0.191. The maximum Gasteiger partial charge on any atom is 0.161 e. The summed E-state index contributed by atoms with van der Waals surface area (Å²) in [5.41, 5.74) is 1.17. The minimum absolute atomic E-state index is 0.191. The normalized spacial score (nSPS) is 15.5. The van der Waals surface area contributed by atoms with Crippen molar-refractivity contribution in [3.05, 3.63) is 23.8 Å². The Balaban J connectivity index is 2.89. The highest BCUT2D eigenvalue weighted by molar-refractivity contribution is 5.43. The molecule has 0 aromatic heterocycles. The Morgan fingerprint density at radius 1 is 1.15 bits per heavy atom. The molecular weight excluding hydrogens is 254 g/mol. The summed E-state index contributed by atoms with van der Waals surface area (Å²) >= 11 is 0. The second kappa shape index (κ2) is 8.12. The maximum absolute atomic E-state index is 9.24. The standard InChI is InChI=1S/C16H27NO3/c1-6-14(17-12(3)11(2)10-18)13-7-8-15(19-4)16(9-13)20-5/h7-9,11-12,14,17-18H,6,10H2,1-5H3. The highest BCUT2D eigenvalue weighted by Crippen LogP contribution is 2.31. The van der Waals surface area contributed by atoms with Crippen LogP contribution in [0, 0.1) is 5.92 Å². The van der Waals surface area contributed by atoms with Gasteiger partial charge in [0.2, 0.25) is 0 Å². The highest BCUT2D eigenvalue weighted by Gasteiger charge is 2.18. The topological polar surface area (TPSA) is 50.7 Å². The van der Waals surface area contributed by atoms with Gasteiger partial charge >= 0.3 is 0 Å². The van der Waals surface area contributed by atoms with Crippen LogP contribution in [0.1, 0.15) is 38.8 Å². The van der Waals surface area contributed by atoms with Crippen molar-refractivity contribution in [3.63, 3.8) is 0 Å². The molecule has 4 nitrogen and oxygen atoms in total. The fourth-order valence-corrected chi connectivity index (χ4v) is 2.16. The Kier molecular flexibility index (Phi) is 6.82. The van der Waals surface area contributed by atoms with Crippen LogP contribution in [-0.4, -0.2) is 32.0 Å². The summed E-state index contributed by atoms with van der Waals surface area (Å²) in [7, 11) is 3.28. The molecule has 0 fully saturated rings. The smallest absolute Gasteiger partial charge is 0.161 e. The van der Waals surface area contributed by atoms with E-state index in [4.69, 9.17) is 9.47 Å². The fraction of sp³-hybridized carbons (Fsp3) is 0.625. The molecule has 114 valence electrons. The van der Waals surface area contributed by atoms with Crippen LogP contribution >= 0.6 is 0 Å². The Labute approximate surface area is 122 Å². The average Bonchev–Trinajstić information content (AvgIpc) is 2.50. The van der Waals surface area contributed by atoms with Gasteiger partial charge in [0, 0.05) is 18.7 Å². The van der Waals surface area contributed by atoms with Gasteiger partial charge in [-0.25, -0.2) is 0 Å². The van der Waals surface area contributed by atoms with Crippen LogP contribution in [0.3, 0.4) is 0 Å². The first-order valence-corrected chi connectivity index (χ1v) is 7.16. The average molecular weight is 281 g/mol. The van der Waals surface area contributed by atoms with E-state index >= 15 is 0 Å². The van der Waals surface area contributed by atoms with Gasteiger partial charge in [0.15, 0.2) is 11.5 Å². The zero-order chi connectivity index (χ0) is 15.1. The van der Waals surface area contributed by atoms with Crippen LogP contribution in [0.5, 0.6) is 11.5 Å². The van der Waals surface area contributed by atoms with Crippen molar-refractivity contribution in [2.24, 2.45) is 5.92 Å². The molecule has 1 aromatic carbocycles. The Morgan fingerprint density at radius 3 is 2.30 bits per heavy atom. The molecule has 0 aliphatic heterocycles. The van der Waals surface area contributed by atoms with E-state index in [0.717, 1.165) is 17.9 Å². The van der Waals surface area contributed by atoms with Gasteiger partial charge < -0.3 is 19.9 Å². The van der Waals surface area contributed by atoms with E-state index < -0.39 is 0 Å². The van der Waals surface area contributed by atoms with Gasteiger partial charge in [-0.05, 0) is 37.0 Å². The number of rotatable bonds is 8. The summed E-state index contributed by atoms with van der Waals surface area (Å²) in [4.78, 5) is 0. The van der Waals surface area contributed by atoms with E-state index in [1.165, 1.54) is 5.56 Å². The predicted octanol–water partition coefficient (Wildman–Crippen LogP) is 2.76. The molecule has 3 unspecified atom stereocenters. The number of methoxy groups -OCH3 is 2. The molecule has 4 heteroatoms. The molecular formula is C16H27NO3. The Morgan fingerprint density at radius 2 is 1.80 bits per heavy atom. The van der Waals surface area contributed by atoms with Crippen LogP contribution in [0.15, 0.2) is 18.2 Å². The summed E-state index contributed by atoms with van der Waals surface area (Å²) in [6.07, 6.45) is 0.970. The molecule has 0 saturated heterocycles. The lowest BCUT2D eigenvalue weighted by atomic mass is 9.99. The van der Waals surface area contributed by atoms with E-state index in [2.05, 4.69) is 25.2 Å². The van der Waals surface area contributed by atoms with E-state index in [1.807, 2.05) is 19.1 Å². The summed E-state index contributed by atoms with van der Waals surface area (Å²) < 4.78 is 10.6. The molecule has 0 heterocycles. The first kappa shape index (κ1) is 16.8. The first-order valence-electron chi connectivity index (χ1n) is 7.16. The van der Waals surface area contributed by atoms with E-state index in [1.54, 1.807) is 14.2 Å². The second-order valence-electron chi connectivity index (χ2n) is 5.19. The van der Waals surface area contributed by atoms with Crippen LogP contribution in [0.2, 0.25) is 0 Å². The predicted molar refractivity (Wildman–Crippen MR) is 81.4 cm³/mol. The molecule has 0 amide bonds. The van der Waals surface area contributed by atoms with Crippen molar-refractivity contribution >= 4 is 0 Å². The Hall–Kier alpha value is -1.26. The molecule has 0 aliphatic carbocycles. The van der Waals surface area contributed by atoms with Gasteiger partial charge in [-0.2, -0.15) is 0 Å². The second-order valence-corrected chi connectivity index (χ2v) is 5.19. The number of hydrogen-bond acceptors (Lipinski definition) is 4. The number of aliphatic hydroxyl groups is 1. The number of nitrogens with one attached hydrogen (secondary N) is 1. The lowest BCUT2D eigenvalue weighted by molar-refractivity contribution is 0.200. The van der Waals surface area contributed by atoms with Crippen LogP contribution in [-0.2, 0) is 0 Å². The molecule has 0 spiro atoms. The van der Waals surface area contributed by atoms with Gasteiger partial charge in [0.05, 0.1) is 14.2 Å². The third-order valence-corrected chi connectivity index (χ3v) is 3.82. The molecule has 0 aliphatic rings. The summed E-state index contributed by atoms with van der Waals surface area (Å²) in [5.74, 6) is 1.71. The number of ether oxygens (including phenoxy) is 2. The van der Waals surface area contributed by atoms with Crippen molar-refractivity contribution in [1.82, 2.24) is 5.32 Å². The zero-order valence-corrected chi connectivity index (χ0v) is 13.1. The highest BCUT2D eigenvalue weighted by atomic mass is 16.5. The van der Waals surface area contributed by atoms with Gasteiger partial charge in [0.25, 0.3) is 0 Å². The largest absolute Gasteiger partial charge is 0.493 e. The quantitative estimate of drug-likeness (QED) is 0.769. The lowest BCUT2D eigenvalue weighted by Gasteiger charge is -2.26. The van der Waals surface area contributed by atoms with E-state index in [0.29, 0.717) is 0 Å². The zero-order valence-electron chi connectivity index (χ0n) is 13.1. The minimum Gasteiger partial charge on any atom is -0.493 e. The summed E-state index contributed by atoms with van der Waals surface area (Å²) in [6.45, 7) is 6.48. The van der Waals surface area contributed by atoms with Crippen LogP contribution < -0.4 is 14.8 Å². The van der Waals surface area contributed by atoms with E-state index in [9.17, 15) is 5.11 Å². The van der Waals surface area contributed by atoms with Gasteiger partial charge in [-0.3, -0.25) is 0 Å². The summed E-state index contributed by atoms with van der Waals surface area (Å²) in [6, 6.07) is 6.48. The maximum atomic E-state index is 9.24. The van der Waals surface area contributed by atoms with Crippen molar-refractivity contribution < 1.29 is 14.6 Å². The lowest BCUT2D eigenvalue weighted by Crippen LogP contribution is -2.36. The Bertz CT molecular complexity index is 409. The third kappa shape index (κ3) is 4.12. The molecule has 2 N–H and O–H groups in total. The van der Waals surface area contributed by atoms with E-state index in [-0.39, 0.29) is 24.6 Å².